The van der Waals surface area contributed by atoms with Crippen LogP contribution in [0, 0.1) is 0 Å². The first-order chi connectivity index (χ1) is 12.2. The van der Waals surface area contributed by atoms with Crippen molar-refractivity contribution >= 4 is 33.5 Å². The zero-order chi connectivity index (χ0) is 17.2. The quantitative estimate of drug-likeness (QED) is 0.563. The number of amides is 2. The average Bonchev–Trinajstić information content (AvgIpc) is 3.06. The van der Waals surface area contributed by atoms with Crippen LogP contribution < -0.4 is 10.6 Å². The predicted octanol–water partition coefficient (Wildman–Crippen LogP) is 4.86. The summed E-state index contributed by atoms with van der Waals surface area (Å²) in [6, 6.07) is 16.8. The van der Waals surface area contributed by atoms with Gasteiger partial charge in [0.25, 0.3) is 0 Å². The summed E-state index contributed by atoms with van der Waals surface area (Å²) in [4.78, 5) is 16.5. The number of nitrogens with zero attached hydrogens (tertiary/aromatic N) is 1. The molecule has 0 saturated heterocycles. The highest BCUT2D eigenvalue weighted by Gasteiger charge is 2.14. The molecule has 25 heavy (non-hydrogen) atoms. The molecular weight excluding hydrogens is 314 g/mol. The van der Waals surface area contributed by atoms with Gasteiger partial charge in [-0.05, 0) is 31.2 Å². The lowest BCUT2D eigenvalue weighted by atomic mass is 10.1. The fraction of sp³-hybridized carbons (Fsp3) is 0.100. The first-order valence-corrected chi connectivity index (χ1v) is 8.09. The van der Waals surface area contributed by atoms with Crippen LogP contribution in [0.5, 0.6) is 0 Å². The lowest BCUT2D eigenvalue weighted by molar-refractivity contribution is 0.248. The molecule has 5 nitrogen and oxygen atoms in total. The molecule has 0 aliphatic heterocycles. The van der Waals surface area contributed by atoms with E-state index in [1.54, 1.807) is 12.4 Å². The fourth-order valence-corrected chi connectivity index (χ4v) is 2.87. The number of hydrogen-bond donors (Lipinski definition) is 2. The molecule has 2 aromatic carbocycles. The fourth-order valence-electron chi connectivity index (χ4n) is 2.87. The van der Waals surface area contributed by atoms with Gasteiger partial charge in [-0.25, -0.2) is 4.79 Å². The van der Waals surface area contributed by atoms with Crippen molar-refractivity contribution in [3.05, 3.63) is 72.8 Å². The highest BCUT2D eigenvalue weighted by Crippen LogP contribution is 2.25. The molecule has 0 aliphatic carbocycles. The summed E-state index contributed by atoms with van der Waals surface area (Å²) in [5.74, 6) is 0.721. The van der Waals surface area contributed by atoms with Crippen molar-refractivity contribution in [2.45, 2.75) is 13.0 Å². The van der Waals surface area contributed by atoms with E-state index in [4.69, 9.17) is 4.42 Å². The topological polar surface area (TPSA) is 67.2 Å². The molecule has 0 spiro atoms. The third-order valence-electron chi connectivity index (χ3n) is 4.15. The maximum atomic E-state index is 12.4. The SMILES string of the molecule is C[C@@H](NC(=O)Nc1cccc2cnccc12)c1cc2ccccc2o1. The normalized spacial score (nSPS) is 12.2. The molecule has 5 heteroatoms. The monoisotopic (exact) mass is 331 g/mol. The number of carbonyl (C=O) groups excluding carboxylic acids is 1. The van der Waals surface area contributed by atoms with Crippen molar-refractivity contribution in [1.82, 2.24) is 10.3 Å². The molecule has 4 rings (SSSR count). The summed E-state index contributed by atoms with van der Waals surface area (Å²) in [6.07, 6.45) is 3.48. The van der Waals surface area contributed by atoms with Crippen LogP contribution in [0.1, 0.15) is 18.7 Å². The van der Waals surface area contributed by atoms with E-state index in [9.17, 15) is 4.79 Å². The second-order valence-electron chi connectivity index (χ2n) is 5.91. The number of furan rings is 1. The Kier molecular flexibility index (Phi) is 3.82. The van der Waals surface area contributed by atoms with Gasteiger partial charge >= 0.3 is 6.03 Å². The molecule has 2 amide bonds. The molecular formula is C20H17N3O2. The maximum Gasteiger partial charge on any atom is 0.319 e. The minimum absolute atomic E-state index is 0.246. The zero-order valence-electron chi connectivity index (χ0n) is 13.7. The molecule has 2 N–H and O–H groups in total. The molecule has 2 aromatic heterocycles. The lowest BCUT2D eigenvalue weighted by Crippen LogP contribution is -2.31. The van der Waals surface area contributed by atoms with Gasteiger partial charge in [0.05, 0.1) is 11.7 Å². The van der Waals surface area contributed by atoms with Gasteiger partial charge in [0.15, 0.2) is 0 Å². The number of pyridine rings is 1. The van der Waals surface area contributed by atoms with Crippen molar-refractivity contribution < 1.29 is 9.21 Å². The van der Waals surface area contributed by atoms with E-state index in [2.05, 4.69) is 15.6 Å². The Balaban J connectivity index is 1.51. The first-order valence-electron chi connectivity index (χ1n) is 8.09. The maximum absolute atomic E-state index is 12.4. The Morgan fingerprint density at radius 3 is 2.80 bits per heavy atom. The Labute approximate surface area is 144 Å². The molecule has 0 unspecified atom stereocenters. The smallest absolute Gasteiger partial charge is 0.319 e. The van der Waals surface area contributed by atoms with E-state index in [1.807, 2.05) is 61.5 Å². The van der Waals surface area contributed by atoms with Gasteiger partial charge in [-0.3, -0.25) is 4.98 Å². The molecule has 0 fully saturated rings. The Hall–Kier alpha value is -3.34. The molecule has 4 aromatic rings. The average molecular weight is 331 g/mol. The van der Waals surface area contributed by atoms with Crippen LogP contribution in [0.4, 0.5) is 10.5 Å². The third-order valence-corrected chi connectivity index (χ3v) is 4.15. The Bertz CT molecular complexity index is 1020. The van der Waals surface area contributed by atoms with Crippen LogP contribution in [0.15, 0.2) is 71.4 Å². The number of anilines is 1. The highest BCUT2D eigenvalue weighted by atomic mass is 16.3. The Morgan fingerprint density at radius 2 is 1.92 bits per heavy atom. The van der Waals surface area contributed by atoms with Crippen LogP contribution in [0.3, 0.4) is 0 Å². The van der Waals surface area contributed by atoms with Crippen molar-refractivity contribution in [3.63, 3.8) is 0 Å². The van der Waals surface area contributed by atoms with E-state index >= 15 is 0 Å². The van der Waals surface area contributed by atoms with E-state index in [0.29, 0.717) is 0 Å². The number of urea groups is 1. The summed E-state index contributed by atoms with van der Waals surface area (Å²) < 4.78 is 5.80. The zero-order valence-corrected chi connectivity index (χ0v) is 13.7. The first kappa shape index (κ1) is 15.2. The number of rotatable bonds is 3. The van der Waals surface area contributed by atoms with Gasteiger partial charge in [0.2, 0.25) is 0 Å². The van der Waals surface area contributed by atoms with E-state index in [1.165, 1.54) is 0 Å². The van der Waals surface area contributed by atoms with Crippen molar-refractivity contribution in [3.8, 4) is 0 Å². The van der Waals surface area contributed by atoms with Crippen molar-refractivity contribution in [2.75, 3.05) is 5.32 Å². The number of benzene rings is 2. The second kappa shape index (κ2) is 6.28. The van der Waals surface area contributed by atoms with Gasteiger partial charge in [0.1, 0.15) is 11.3 Å². The van der Waals surface area contributed by atoms with Gasteiger partial charge in [-0.1, -0.05) is 30.3 Å². The van der Waals surface area contributed by atoms with E-state index in [-0.39, 0.29) is 12.1 Å². The molecule has 1 atom stereocenters. The van der Waals surface area contributed by atoms with E-state index in [0.717, 1.165) is 33.2 Å². The number of fused-ring (bicyclic) bond motifs is 2. The summed E-state index contributed by atoms with van der Waals surface area (Å²) in [5, 5.41) is 8.76. The summed E-state index contributed by atoms with van der Waals surface area (Å²) in [6.45, 7) is 1.89. The molecule has 0 saturated carbocycles. The number of carbonyl (C=O) groups is 1. The number of nitrogens with one attached hydrogen (secondary N) is 2. The van der Waals surface area contributed by atoms with Gasteiger partial charge in [-0.2, -0.15) is 0 Å². The number of aromatic nitrogens is 1. The second-order valence-corrected chi connectivity index (χ2v) is 5.91. The molecule has 0 bridgehead atoms. The summed E-state index contributed by atoms with van der Waals surface area (Å²) in [5.41, 5.74) is 1.56. The lowest BCUT2D eigenvalue weighted by Gasteiger charge is -2.13. The van der Waals surface area contributed by atoms with Crippen LogP contribution in [-0.2, 0) is 0 Å². The van der Waals surface area contributed by atoms with Crippen LogP contribution in [0.2, 0.25) is 0 Å². The van der Waals surface area contributed by atoms with Gasteiger partial charge in [-0.15, -0.1) is 0 Å². The van der Waals surface area contributed by atoms with Gasteiger partial charge in [0, 0.05) is 28.6 Å². The van der Waals surface area contributed by atoms with E-state index < -0.39 is 0 Å². The minimum atomic E-state index is -0.280. The van der Waals surface area contributed by atoms with Crippen LogP contribution in [-0.4, -0.2) is 11.0 Å². The molecule has 0 aliphatic rings. The largest absolute Gasteiger partial charge is 0.459 e. The highest BCUT2D eigenvalue weighted by molar-refractivity contribution is 6.01. The molecule has 0 radical (unpaired) electrons. The summed E-state index contributed by atoms with van der Waals surface area (Å²) >= 11 is 0. The minimum Gasteiger partial charge on any atom is -0.459 e. The van der Waals surface area contributed by atoms with Gasteiger partial charge < -0.3 is 15.1 Å². The predicted molar refractivity (Wildman–Crippen MR) is 98.5 cm³/mol. The number of para-hydroxylation sites is 1. The molecule has 124 valence electrons. The Morgan fingerprint density at radius 1 is 1.08 bits per heavy atom. The third kappa shape index (κ3) is 3.04. The van der Waals surface area contributed by atoms with Crippen molar-refractivity contribution in [1.29, 1.82) is 0 Å². The standard InChI is InChI=1S/C20H17N3O2/c1-13(19-11-14-5-2-3-8-18(14)25-19)22-20(24)23-17-7-4-6-15-12-21-10-9-16(15)17/h2-13H,1H3,(H2,22,23,24)/t13-/m1/s1. The van der Waals surface area contributed by atoms with Crippen LogP contribution in [0.25, 0.3) is 21.7 Å². The number of hydrogen-bond acceptors (Lipinski definition) is 3. The van der Waals surface area contributed by atoms with Crippen LogP contribution >= 0.6 is 0 Å². The van der Waals surface area contributed by atoms with Crippen molar-refractivity contribution in [2.24, 2.45) is 0 Å². The summed E-state index contributed by atoms with van der Waals surface area (Å²) in [7, 11) is 0. The molecule has 2 heterocycles.